The van der Waals surface area contributed by atoms with Crippen molar-refractivity contribution in [3.63, 3.8) is 0 Å². The van der Waals surface area contributed by atoms with Gasteiger partial charge in [0.05, 0.1) is 11.6 Å². The number of nitrogens with zero attached hydrogens (tertiary/aromatic N) is 3. The van der Waals surface area contributed by atoms with Crippen molar-refractivity contribution in [3.8, 4) is 5.69 Å². The van der Waals surface area contributed by atoms with E-state index < -0.39 is 12.1 Å². The molecule has 0 saturated heterocycles. The summed E-state index contributed by atoms with van der Waals surface area (Å²) in [7, 11) is 0. The zero-order valence-electron chi connectivity index (χ0n) is 14.1. The molecule has 4 rings (SSSR count). The van der Waals surface area contributed by atoms with Gasteiger partial charge in [-0.3, -0.25) is 4.57 Å². The van der Waals surface area contributed by atoms with E-state index in [1.54, 1.807) is 0 Å². The highest BCUT2D eigenvalue weighted by Gasteiger charge is 2.42. The normalized spacial score (nSPS) is 26.1. The van der Waals surface area contributed by atoms with Crippen LogP contribution in [0, 0.1) is 5.92 Å². The van der Waals surface area contributed by atoms with Gasteiger partial charge in [0, 0.05) is 23.4 Å². The summed E-state index contributed by atoms with van der Waals surface area (Å²) in [4.78, 5) is 0. The standard InChI is InChI=1S/C18H20ClF3N4/c19-13-5-6-15-11(7-13)8-14(23)9-16-24-25-17(26(15)16)10-1-3-12(4-2-10)18(20,21)22/h5-7,10,12,14H,1-4,8-9,23H2. The molecular formula is C18H20ClF3N4. The Bertz CT molecular complexity index is 809. The third-order valence-electron chi connectivity index (χ3n) is 5.52. The number of fused-ring (bicyclic) bond motifs is 3. The van der Waals surface area contributed by atoms with E-state index in [9.17, 15) is 13.2 Å². The average molecular weight is 385 g/mol. The van der Waals surface area contributed by atoms with Crippen molar-refractivity contribution in [2.24, 2.45) is 11.7 Å². The minimum atomic E-state index is -4.11. The maximum Gasteiger partial charge on any atom is 0.391 e. The summed E-state index contributed by atoms with van der Waals surface area (Å²) in [6, 6.07) is 5.54. The van der Waals surface area contributed by atoms with Crippen molar-refractivity contribution in [1.82, 2.24) is 14.8 Å². The predicted octanol–water partition coefficient (Wildman–Crippen LogP) is 4.18. The van der Waals surface area contributed by atoms with E-state index in [1.807, 2.05) is 22.8 Å². The van der Waals surface area contributed by atoms with E-state index in [-0.39, 0.29) is 24.8 Å². The van der Waals surface area contributed by atoms with Crippen molar-refractivity contribution in [1.29, 1.82) is 0 Å². The summed E-state index contributed by atoms with van der Waals surface area (Å²) in [5, 5.41) is 9.30. The van der Waals surface area contributed by atoms with Crippen LogP contribution in [0.15, 0.2) is 18.2 Å². The molecule has 1 aliphatic carbocycles. The Morgan fingerprint density at radius 3 is 2.50 bits per heavy atom. The lowest BCUT2D eigenvalue weighted by Gasteiger charge is -2.29. The number of nitrogens with two attached hydrogens (primary N) is 1. The molecular weight excluding hydrogens is 365 g/mol. The smallest absolute Gasteiger partial charge is 0.327 e. The number of rotatable bonds is 1. The maximum absolute atomic E-state index is 13.0. The lowest BCUT2D eigenvalue weighted by atomic mass is 9.81. The first kappa shape index (κ1) is 17.8. The summed E-state index contributed by atoms with van der Waals surface area (Å²) in [5.41, 5.74) is 8.18. The topological polar surface area (TPSA) is 56.7 Å². The fraction of sp³-hybridized carbons (Fsp3) is 0.556. The van der Waals surface area contributed by atoms with Crippen molar-refractivity contribution >= 4 is 11.6 Å². The second-order valence-corrected chi connectivity index (χ2v) is 7.78. The van der Waals surface area contributed by atoms with Crippen LogP contribution in [0.1, 0.15) is 48.8 Å². The molecule has 1 fully saturated rings. The molecule has 1 aromatic heterocycles. The molecule has 8 heteroatoms. The molecule has 2 aromatic rings. The third kappa shape index (κ3) is 3.22. The molecule has 0 radical (unpaired) electrons. The van der Waals surface area contributed by atoms with Gasteiger partial charge >= 0.3 is 6.18 Å². The lowest BCUT2D eigenvalue weighted by Crippen LogP contribution is -2.28. The highest BCUT2D eigenvalue weighted by molar-refractivity contribution is 6.30. The molecule has 26 heavy (non-hydrogen) atoms. The van der Waals surface area contributed by atoms with Gasteiger partial charge in [0.2, 0.25) is 0 Å². The van der Waals surface area contributed by atoms with Crippen LogP contribution in [-0.2, 0) is 12.8 Å². The zero-order chi connectivity index (χ0) is 18.5. The van der Waals surface area contributed by atoms with Gasteiger partial charge in [-0.25, -0.2) is 0 Å². The number of aromatic nitrogens is 3. The molecule has 0 amide bonds. The van der Waals surface area contributed by atoms with Crippen LogP contribution in [0.3, 0.4) is 0 Å². The van der Waals surface area contributed by atoms with Gasteiger partial charge in [0.25, 0.3) is 0 Å². The van der Waals surface area contributed by atoms with Gasteiger partial charge in [0.15, 0.2) is 0 Å². The largest absolute Gasteiger partial charge is 0.391 e. The fourth-order valence-corrected chi connectivity index (χ4v) is 4.39. The number of hydrogen-bond donors (Lipinski definition) is 1. The summed E-state index contributed by atoms with van der Waals surface area (Å²) in [6.45, 7) is 0. The van der Waals surface area contributed by atoms with E-state index in [2.05, 4.69) is 10.2 Å². The van der Waals surface area contributed by atoms with Crippen molar-refractivity contribution in [2.45, 2.75) is 56.7 Å². The van der Waals surface area contributed by atoms with Gasteiger partial charge in [-0.1, -0.05) is 11.6 Å². The third-order valence-corrected chi connectivity index (χ3v) is 5.75. The Morgan fingerprint density at radius 2 is 1.81 bits per heavy atom. The second kappa shape index (κ2) is 6.53. The van der Waals surface area contributed by atoms with E-state index >= 15 is 0 Å². The van der Waals surface area contributed by atoms with Crippen LogP contribution in [-0.4, -0.2) is 27.0 Å². The molecule has 2 N–H and O–H groups in total. The zero-order valence-corrected chi connectivity index (χ0v) is 14.9. The summed E-state index contributed by atoms with van der Waals surface area (Å²) < 4.78 is 40.9. The molecule has 0 bridgehead atoms. The minimum Gasteiger partial charge on any atom is -0.327 e. The Kier molecular flexibility index (Phi) is 4.47. The average Bonchev–Trinajstić information content (AvgIpc) is 2.91. The molecule has 1 unspecified atom stereocenters. The maximum atomic E-state index is 13.0. The second-order valence-electron chi connectivity index (χ2n) is 7.34. The van der Waals surface area contributed by atoms with Crippen LogP contribution < -0.4 is 5.73 Å². The molecule has 140 valence electrons. The first-order valence-electron chi connectivity index (χ1n) is 8.88. The van der Waals surface area contributed by atoms with Gasteiger partial charge in [-0.15, -0.1) is 10.2 Å². The van der Waals surface area contributed by atoms with E-state index in [1.165, 1.54) is 0 Å². The number of hydrogen-bond acceptors (Lipinski definition) is 3. The van der Waals surface area contributed by atoms with Crippen molar-refractivity contribution < 1.29 is 13.2 Å². The minimum absolute atomic E-state index is 0.0206. The van der Waals surface area contributed by atoms with Gasteiger partial charge in [-0.2, -0.15) is 13.2 Å². The first-order chi connectivity index (χ1) is 12.3. The number of alkyl halides is 3. The molecule has 1 atom stereocenters. The monoisotopic (exact) mass is 384 g/mol. The molecule has 1 saturated carbocycles. The first-order valence-corrected chi connectivity index (χ1v) is 9.26. The number of halogens is 4. The van der Waals surface area contributed by atoms with E-state index in [0.29, 0.717) is 30.7 Å². The van der Waals surface area contributed by atoms with Crippen LogP contribution in [0.4, 0.5) is 13.2 Å². The van der Waals surface area contributed by atoms with Crippen molar-refractivity contribution in [3.05, 3.63) is 40.4 Å². The number of benzene rings is 1. The molecule has 2 heterocycles. The van der Waals surface area contributed by atoms with Crippen LogP contribution in [0.5, 0.6) is 0 Å². The van der Waals surface area contributed by atoms with Gasteiger partial charge in [0.1, 0.15) is 11.6 Å². The highest BCUT2D eigenvalue weighted by atomic mass is 35.5. The molecule has 1 aliphatic heterocycles. The Balaban J connectivity index is 1.69. The quantitative estimate of drug-likeness (QED) is 0.802. The van der Waals surface area contributed by atoms with Crippen LogP contribution in [0.2, 0.25) is 5.02 Å². The molecule has 2 aliphatic rings. The van der Waals surface area contributed by atoms with Crippen LogP contribution >= 0.6 is 11.6 Å². The fourth-order valence-electron chi connectivity index (χ4n) is 4.19. The summed E-state index contributed by atoms with van der Waals surface area (Å²) in [6.07, 6.45) is -1.62. The van der Waals surface area contributed by atoms with Crippen LogP contribution in [0.25, 0.3) is 5.69 Å². The van der Waals surface area contributed by atoms with Crippen molar-refractivity contribution in [2.75, 3.05) is 0 Å². The Morgan fingerprint density at radius 1 is 1.08 bits per heavy atom. The molecule has 1 aromatic carbocycles. The van der Waals surface area contributed by atoms with Gasteiger partial charge in [-0.05, 0) is 55.9 Å². The Hall–Kier alpha value is -1.60. The SMILES string of the molecule is NC1Cc2cc(Cl)ccc2-n2c(nnc2C2CCC(C(F)(F)F)CC2)C1. The molecule has 0 spiro atoms. The van der Waals surface area contributed by atoms with E-state index in [4.69, 9.17) is 17.3 Å². The lowest BCUT2D eigenvalue weighted by molar-refractivity contribution is -0.182. The highest BCUT2D eigenvalue weighted by Crippen LogP contribution is 2.43. The van der Waals surface area contributed by atoms with Gasteiger partial charge < -0.3 is 5.73 Å². The molecule has 4 nitrogen and oxygen atoms in total. The predicted molar refractivity (Wildman–Crippen MR) is 92.5 cm³/mol. The van der Waals surface area contributed by atoms with E-state index in [0.717, 1.165) is 22.9 Å². The summed E-state index contributed by atoms with van der Waals surface area (Å²) >= 11 is 6.14. The summed E-state index contributed by atoms with van der Waals surface area (Å²) in [5.74, 6) is 0.294. The Labute approximate surface area is 154 Å².